The van der Waals surface area contributed by atoms with E-state index in [4.69, 9.17) is 4.74 Å². The first kappa shape index (κ1) is 15.0. The van der Waals surface area contributed by atoms with E-state index >= 15 is 0 Å². The van der Waals surface area contributed by atoms with Crippen LogP contribution in [0.4, 0.5) is 5.69 Å². The van der Waals surface area contributed by atoms with Crippen LogP contribution in [0, 0.1) is 0 Å². The first-order valence-corrected chi connectivity index (χ1v) is 6.81. The maximum Gasteiger partial charge on any atom is 0.268 e. The van der Waals surface area contributed by atoms with Gasteiger partial charge >= 0.3 is 0 Å². The fraction of sp³-hybridized carbons (Fsp3) is 0.692. The van der Waals surface area contributed by atoms with E-state index in [2.05, 4.69) is 15.3 Å². The van der Waals surface area contributed by atoms with Crippen molar-refractivity contribution in [1.82, 2.24) is 15.1 Å². The van der Waals surface area contributed by atoms with E-state index in [1.165, 1.54) is 4.68 Å². The number of likely N-dealkylation sites (N-methyl/N-ethyl adjacent to an activating group) is 1. The first-order valence-electron chi connectivity index (χ1n) is 6.81. The molecule has 1 aromatic heterocycles. The summed E-state index contributed by atoms with van der Waals surface area (Å²) in [5.74, 6) is 0. The first-order chi connectivity index (χ1) is 9.63. The van der Waals surface area contributed by atoms with Crippen molar-refractivity contribution in [3.63, 3.8) is 0 Å². The molecule has 0 aromatic carbocycles. The Kier molecular flexibility index (Phi) is 5.11. The average molecular weight is 282 g/mol. The summed E-state index contributed by atoms with van der Waals surface area (Å²) in [6.07, 6.45) is 2.22. The lowest BCUT2D eigenvalue weighted by Gasteiger charge is -2.18. The average Bonchev–Trinajstić information content (AvgIpc) is 2.90. The highest BCUT2D eigenvalue weighted by molar-refractivity contribution is 5.44. The molecular weight excluding hydrogens is 260 g/mol. The Balaban J connectivity index is 2.04. The Morgan fingerprint density at radius 2 is 2.45 bits per heavy atom. The van der Waals surface area contributed by atoms with E-state index in [1.807, 2.05) is 0 Å². The molecule has 1 aromatic rings. The molecule has 1 saturated heterocycles. The molecule has 1 aliphatic rings. The van der Waals surface area contributed by atoms with Crippen LogP contribution in [0.1, 0.15) is 6.42 Å². The van der Waals surface area contributed by atoms with Gasteiger partial charge in [0.25, 0.3) is 5.56 Å². The number of aliphatic hydroxyl groups excluding tert-OH is 1. The van der Waals surface area contributed by atoms with Crippen LogP contribution in [0.5, 0.6) is 0 Å². The van der Waals surface area contributed by atoms with E-state index in [0.717, 1.165) is 25.2 Å². The lowest BCUT2D eigenvalue weighted by Crippen LogP contribution is -2.34. The summed E-state index contributed by atoms with van der Waals surface area (Å²) in [4.78, 5) is 14.1. The van der Waals surface area contributed by atoms with Crippen LogP contribution in [-0.2, 0) is 11.3 Å². The fourth-order valence-electron chi connectivity index (χ4n) is 2.39. The summed E-state index contributed by atoms with van der Waals surface area (Å²) in [5.41, 5.74) is 0.618. The minimum Gasteiger partial charge on any atom is -0.390 e. The zero-order chi connectivity index (χ0) is 14.5. The Hall–Kier alpha value is -1.44. The van der Waals surface area contributed by atoms with Gasteiger partial charge in [0.05, 0.1) is 30.6 Å². The number of nitrogens with one attached hydrogen (secondary N) is 1. The molecule has 7 nitrogen and oxygen atoms in total. The second-order valence-corrected chi connectivity index (χ2v) is 5.04. The highest BCUT2D eigenvalue weighted by Gasteiger charge is 2.23. The van der Waals surface area contributed by atoms with E-state index < -0.39 is 6.10 Å². The summed E-state index contributed by atoms with van der Waals surface area (Å²) < 4.78 is 6.60. The van der Waals surface area contributed by atoms with E-state index in [0.29, 0.717) is 6.54 Å². The summed E-state index contributed by atoms with van der Waals surface area (Å²) in [5, 5.41) is 16.7. The lowest BCUT2D eigenvalue weighted by molar-refractivity contribution is 0.121. The Morgan fingerprint density at radius 1 is 1.65 bits per heavy atom. The van der Waals surface area contributed by atoms with Crippen LogP contribution >= 0.6 is 0 Å². The van der Waals surface area contributed by atoms with Gasteiger partial charge in [0, 0.05) is 32.8 Å². The predicted octanol–water partition coefficient (Wildman–Crippen LogP) is -0.951. The van der Waals surface area contributed by atoms with Crippen molar-refractivity contribution >= 4 is 5.69 Å². The molecular formula is C13H22N4O3. The van der Waals surface area contributed by atoms with Gasteiger partial charge in [-0.25, -0.2) is 4.68 Å². The molecule has 0 radical (unpaired) electrons. The molecule has 7 heteroatoms. The zero-order valence-corrected chi connectivity index (χ0v) is 12.0. The Morgan fingerprint density at radius 3 is 3.05 bits per heavy atom. The Labute approximate surface area is 118 Å². The molecule has 0 bridgehead atoms. The molecule has 2 N–H and O–H groups in total. The van der Waals surface area contributed by atoms with Gasteiger partial charge in [-0.2, -0.15) is 5.10 Å². The quantitative estimate of drug-likeness (QED) is 0.700. The van der Waals surface area contributed by atoms with Crippen LogP contribution in [0.2, 0.25) is 0 Å². The second kappa shape index (κ2) is 6.83. The van der Waals surface area contributed by atoms with Gasteiger partial charge in [-0.1, -0.05) is 0 Å². The van der Waals surface area contributed by atoms with Gasteiger partial charge in [-0.3, -0.25) is 4.79 Å². The summed E-state index contributed by atoms with van der Waals surface area (Å²) >= 11 is 0. The molecule has 112 valence electrons. The lowest BCUT2D eigenvalue weighted by atomic mass is 10.3. The van der Waals surface area contributed by atoms with E-state index in [1.54, 1.807) is 26.4 Å². The van der Waals surface area contributed by atoms with Gasteiger partial charge < -0.3 is 20.1 Å². The van der Waals surface area contributed by atoms with E-state index in [9.17, 15) is 9.90 Å². The molecule has 1 fully saturated rings. The van der Waals surface area contributed by atoms with Crippen molar-refractivity contribution in [1.29, 1.82) is 0 Å². The minimum atomic E-state index is -0.624. The van der Waals surface area contributed by atoms with Crippen molar-refractivity contribution in [2.75, 3.05) is 38.7 Å². The molecule has 2 atom stereocenters. The number of aliphatic hydroxyl groups is 1. The monoisotopic (exact) mass is 282 g/mol. The number of ether oxygens (including phenoxy) is 1. The molecule has 0 spiro atoms. The van der Waals surface area contributed by atoms with Crippen molar-refractivity contribution in [2.24, 2.45) is 0 Å². The van der Waals surface area contributed by atoms with Crippen LogP contribution in [-0.4, -0.2) is 60.9 Å². The molecule has 20 heavy (non-hydrogen) atoms. The van der Waals surface area contributed by atoms with Gasteiger partial charge in [-0.15, -0.1) is 0 Å². The molecule has 0 saturated carbocycles. The molecule has 2 heterocycles. The Bertz CT molecular complexity index is 491. The van der Waals surface area contributed by atoms with Gasteiger partial charge in [-0.05, 0) is 13.5 Å². The SMILES string of the molecule is CNCC(O)Cn1ncc(N2CCC(OC)C2)cc1=O. The van der Waals surface area contributed by atoms with Gasteiger partial charge in [0.1, 0.15) is 0 Å². The van der Waals surface area contributed by atoms with Crippen LogP contribution < -0.4 is 15.8 Å². The van der Waals surface area contributed by atoms with Gasteiger partial charge in [0.2, 0.25) is 0 Å². The highest BCUT2D eigenvalue weighted by atomic mass is 16.5. The standard InChI is InChI=1S/C13H22N4O3/c1-14-7-11(18)8-17-13(19)5-10(6-15-17)16-4-3-12(9-16)20-2/h5-6,11-12,14,18H,3-4,7-9H2,1-2H3. The number of aromatic nitrogens is 2. The van der Waals surface area contributed by atoms with Crippen molar-refractivity contribution in [2.45, 2.75) is 25.2 Å². The molecule has 1 aliphatic heterocycles. The molecule has 0 aliphatic carbocycles. The zero-order valence-electron chi connectivity index (χ0n) is 12.0. The molecule has 2 unspecified atom stereocenters. The fourth-order valence-corrected chi connectivity index (χ4v) is 2.39. The van der Waals surface area contributed by atoms with Crippen LogP contribution in [0.25, 0.3) is 0 Å². The largest absolute Gasteiger partial charge is 0.390 e. The minimum absolute atomic E-state index is 0.195. The second-order valence-electron chi connectivity index (χ2n) is 5.04. The third-order valence-electron chi connectivity index (χ3n) is 3.52. The number of methoxy groups -OCH3 is 1. The van der Waals surface area contributed by atoms with Crippen molar-refractivity contribution in [3.8, 4) is 0 Å². The number of rotatable bonds is 6. The normalized spacial score (nSPS) is 20.4. The maximum atomic E-state index is 12.0. The smallest absolute Gasteiger partial charge is 0.268 e. The molecule has 2 rings (SSSR count). The van der Waals surface area contributed by atoms with Gasteiger partial charge in [0.15, 0.2) is 0 Å². The van der Waals surface area contributed by atoms with Crippen LogP contribution in [0.15, 0.2) is 17.1 Å². The number of nitrogens with zero attached hydrogens (tertiary/aromatic N) is 3. The van der Waals surface area contributed by atoms with Crippen molar-refractivity contribution < 1.29 is 9.84 Å². The van der Waals surface area contributed by atoms with E-state index in [-0.39, 0.29) is 18.2 Å². The topological polar surface area (TPSA) is 79.6 Å². The number of anilines is 1. The van der Waals surface area contributed by atoms with Crippen molar-refractivity contribution in [3.05, 3.63) is 22.6 Å². The summed E-state index contributed by atoms with van der Waals surface area (Å²) in [6, 6.07) is 1.57. The number of hydrogen-bond donors (Lipinski definition) is 2. The summed E-state index contributed by atoms with van der Waals surface area (Å²) in [7, 11) is 3.45. The highest BCUT2D eigenvalue weighted by Crippen LogP contribution is 2.19. The third-order valence-corrected chi connectivity index (χ3v) is 3.52. The van der Waals surface area contributed by atoms with Crippen LogP contribution in [0.3, 0.4) is 0 Å². The predicted molar refractivity (Wildman–Crippen MR) is 76.1 cm³/mol. The number of hydrogen-bond acceptors (Lipinski definition) is 6. The summed E-state index contributed by atoms with van der Waals surface area (Å²) in [6.45, 7) is 2.27. The maximum absolute atomic E-state index is 12.0. The third kappa shape index (κ3) is 3.56. The molecule has 0 amide bonds.